The van der Waals surface area contributed by atoms with E-state index in [0.29, 0.717) is 29.0 Å². The molecule has 0 radical (unpaired) electrons. The fraction of sp³-hybridized carbons (Fsp3) is 0.333. The molecule has 2 amide bonds. The van der Waals surface area contributed by atoms with E-state index in [1.807, 2.05) is 41.8 Å². The highest BCUT2D eigenvalue weighted by molar-refractivity contribution is 7.09. The van der Waals surface area contributed by atoms with Gasteiger partial charge in [-0.25, -0.2) is 5.48 Å². The zero-order chi connectivity index (χ0) is 24.4. The number of hydrogen-bond donors (Lipinski definition) is 2. The summed E-state index contributed by atoms with van der Waals surface area (Å²) in [5.41, 5.74) is 4.55. The summed E-state index contributed by atoms with van der Waals surface area (Å²) >= 11 is 7.71. The Hall–Kier alpha value is -2.71. The molecule has 2 heterocycles. The van der Waals surface area contributed by atoms with Gasteiger partial charge in [0.25, 0.3) is 11.8 Å². The van der Waals surface area contributed by atoms with Crippen molar-refractivity contribution in [1.29, 1.82) is 0 Å². The number of benzene rings is 2. The molecule has 2 aromatic carbocycles. The van der Waals surface area contributed by atoms with E-state index in [1.54, 1.807) is 40.5 Å². The second-order valence-corrected chi connectivity index (χ2v) is 10.5. The van der Waals surface area contributed by atoms with Crippen molar-refractivity contribution >= 4 is 34.8 Å². The lowest BCUT2D eigenvalue weighted by molar-refractivity contribution is -0.138. The number of hydroxylamine groups is 1. The minimum atomic E-state index is -0.720. The Labute approximate surface area is 213 Å². The van der Waals surface area contributed by atoms with E-state index in [0.717, 1.165) is 23.3 Å². The van der Waals surface area contributed by atoms with Gasteiger partial charge in [0.05, 0.1) is 24.1 Å². The van der Waals surface area contributed by atoms with Gasteiger partial charge < -0.3 is 10.0 Å². The van der Waals surface area contributed by atoms with Gasteiger partial charge in [-0.15, -0.1) is 11.3 Å². The quantitative estimate of drug-likeness (QED) is 0.445. The van der Waals surface area contributed by atoms with Crippen LogP contribution in [0.3, 0.4) is 0 Å². The molecular weight excluding hydrogens is 484 g/mol. The van der Waals surface area contributed by atoms with Crippen molar-refractivity contribution in [3.63, 3.8) is 0 Å². The lowest BCUT2D eigenvalue weighted by atomic mass is 9.77. The summed E-state index contributed by atoms with van der Waals surface area (Å²) in [6.45, 7) is 0.257. The number of rotatable bonds is 6. The number of nitrogens with zero attached hydrogens (tertiary/aromatic N) is 1. The number of nitrogens with one attached hydrogen (secondary N) is 1. The van der Waals surface area contributed by atoms with Gasteiger partial charge in [0.2, 0.25) is 0 Å². The molecule has 6 nitrogen and oxygen atoms in total. The summed E-state index contributed by atoms with van der Waals surface area (Å²) in [7, 11) is 0. The van der Waals surface area contributed by atoms with Gasteiger partial charge in [0.1, 0.15) is 6.61 Å². The first-order chi connectivity index (χ1) is 17.0. The fourth-order valence-electron chi connectivity index (χ4n) is 5.27. The highest BCUT2D eigenvalue weighted by atomic mass is 35.5. The molecule has 0 spiro atoms. The van der Waals surface area contributed by atoms with Gasteiger partial charge in [-0.2, -0.15) is 0 Å². The topological polar surface area (TPSA) is 78.9 Å². The normalized spacial score (nSPS) is 24.2. The summed E-state index contributed by atoms with van der Waals surface area (Å²) in [6, 6.07) is 17.3. The molecular formula is C27H27ClN2O4S. The number of fused-ring (bicyclic) bond motifs is 1. The standard InChI is InChI=1S/C27H27ClN2O4S/c28-18-13-11-17(12-14-18)25-24(26(32)29-34-16-19-6-5-15-35-19)20-7-1-2-8-21(20)27(33)30(25)22-9-3-4-10-23(22)31/h1-2,5-8,11-15,22-25,31H,3-4,9-10,16H2,(H,29,32)/t22-,23-,24+,25-/m0/s1. The largest absolute Gasteiger partial charge is 0.391 e. The summed E-state index contributed by atoms with van der Waals surface area (Å²) in [5.74, 6) is -1.23. The monoisotopic (exact) mass is 510 g/mol. The fourth-order valence-corrected chi connectivity index (χ4v) is 6.01. The average molecular weight is 511 g/mol. The van der Waals surface area contributed by atoms with E-state index in [9.17, 15) is 14.7 Å². The Kier molecular flexibility index (Phi) is 7.20. The molecule has 1 aliphatic carbocycles. The van der Waals surface area contributed by atoms with Crippen molar-refractivity contribution in [2.24, 2.45) is 0 Å². The number of hydrogen-bond acceptors (Lipinski definition) is 5. The lowest BCUT2D eigenvalue weighted by Gasteiger charge is -2.48. The maximum atomic E-state index is 13.9. The summed E-state index contributed by atoms with van der Waals surface area (Å²) < 4.78 is 0. The van der Waals surface area contributed by atoms with Gasteiger partial charge in [0, 0.05) is 15.5 Å². The van der Waals surface area contributed by atoms with Gasteiger partial charge in [-0.05, 0) is 53.6 Å². The maximum absolute atomic E-state index is 13.9. The molecule has 1 aromatic heterocycles. The number of aliphatic hydroxyl groups excluding tert-OH is 1. The first kappa shape index (κ1) is 24.0. The van der Waals surface area contributed by atoms with Gasteiger partial charge in [-0.3, -0.25) is 14.4 Å². The van der Waals surface area contributed by atoms with Crippen molar-refractivity contribution in [3.05, 3.63) is 92.6 Å². The van der Waals surface area contributed by atoms with Crippen LogP contribution in [0.1, 0.15) is 64.0 Å². The van der Waals surface area contributed by atoms with Crippen LogP contribution in [0.25, 0.3) is 0 Å². The van der Waals surface area contributed by atoms with Crippen LogP contribution in [0.15, 0.2) is 66.0 Å². The van der Waals surface area contributed by atoms with Crippen LogP contribution >= 0.6 is 22.9 Å². The zero-order valence-electron chi connectivity index (χ0n) is 19.1. The Morgan fingerprint density at radius 3 is 2.60 bits per heavy atom. The summed E-state index contributed by atoms with van der Waals surface area (Å²) in [4.78, 5) is 35.9. The lowest BCUT2D eigenvalue weighted by Crippen LogP contribution is -2.55. The van der Waals surface area contributed by atoms with Gasteiger partial charge >= 0.3 is 0 Å². The number of aliphatic hydroxyl groups is 1. The first-order valence-corrected chi connectivity index (χ1v) is 13.1. The number of halogens is 1. The summed E-state index contributed by atoms with van der Waals surface area (Å²) in [5, 5.41) is 13.5. The third kappa shape index (κ3) is 4.86. The number of carbonyl (C=O) groups is 2. The van der Waals surface area contributed by atoms with E-state index in [-0.39, 0.29) is 24.5 Å². The number of thiophene rings is 1. The maximum Gasteiger partial charge on any atom is 0.255 e. The van der Waals surface area contributed by atoms with Crippen LogP contribution in [0.2, 0.25) is 5.02 Å². The molecule has 5 rings (SSSR count). The zero-order valence-corrected chi connectivity index (χ0v) is 20.7. The van der Waals surface area contributed by atoms with Crippen LogP contribution in [-0.2, 0) is 16.2 Å². The first-order valence-electron chi connectivity index (χ1n) is 11.8. The molecule has 3 aromatic rings. The van der Waals surface area contributed by atoms with E-state index < -0.39 is 18.1 Å². The Bertz CT molecular complexity index is 1180. The number of carbonyl (C=O) groups excluding carboxylic acids is 2. The van der Waals surface area contributed by atoms with Crippen LogP contribution in [-0.4, -0.2) is 34.0 Å². The predicted octanol–water partition coefficient (Wildman–Crippen LogP) is 5.23. The summed E-state index contributed by atoms with van der Waals surface area (Å²) in [6.07, 6.45) is 2.50. The molecule has 2 aliphatic rings. The van der Waals surface area contributed by atoms with E-state index in [4.69, 9.17) is 16.4 Å². The molecule has 182 valence electrons. The smallest absolute Gasteiger partial charge is 0.255 e. The Morgan fingerprint density at radius 2 is 1.86 bits per heavy atom. The molecule has 8 heteroatoms. The highest BCUT2D eigenvalue weighted by Gasteiger charge is 2.48. The van der Waals surface area contributed by atoms with Crippen LogP contribution < -0.4 is 5.48 Å². The molecule has 2 N–H and O–H groups in total. The molecule has 1 fully saturated rings. The van der Waals surface area contributed by atoms with Gasteiger partial charge in [0.15, 0.2) is 0 Å². The second-order valence-electron chi connectivity index (χ2n) is 9.03. The SMILES string of the molecule is O=C(NOCc1cccs1)[C@@H]1c2ccccc2C(=O)N([C@H]2CCCC[C@@H]2O)[C@H]1c1ccc(Cl)cc1. The van der Waals surface area contributed by atoms with Crippen molar-refractivity contribution < 1.29 is 19.5 Å². The molecule has 4 atom stereocenters. The molecule has 0 saturated heterocycles. The molecule has 35 heavy (non-hydrogen) atoms. The molecule has 0 unspecified atom stereocenters. The third-order valence-electron chi connectivity index (χ3n) is 6.89. The molecule has 0 bridgehead atoms. The average Bonchev–Trinajstić information content (AvgIpc) is 3.39. The van der Waals surface area contributed by atoms with Crippen LogP contribution in [0.4, 0.5) is 0 Å². The van der Waals surface area contributed by atoms with Crippen LogP contribution in [0, 0.1) is 0 Å². The highest BCUT2D eigenvalue weighted by Crippen LogP contribution is 2.46. The third-order valence-corrected chi connectivity index (χ3v) is 7.99. The minimum Gasteiger partial charge on any atom is -0.391 e. The number of amides is 2. The van der Waals surface area contributed by atoms with E-state index >= 15 is 0 Å². The van der Waals surface area contributed by atoms with Crippen LogP contribution in [0.5, 0.6) is 0 Å². The molecule has 1 aliphatic heterocycles. The molecule has 1 saturated carbocycles. The van der Waals surface area contributed by atoms with Crippen molar-refractivity contribution in [1.82, 2.24) is 10.4 Å². The second kappa shape index (κ2) is 10.5. The predicted molar refractivity (Wildman–Crippen MR) is 135 cm³/mol. The van der Waals surface area contributed by atoms with Gasteiger partial charge in [-0.1, -0.05) is 60.8 Å². The van der Waals surface area contributed by atoms with E-state index in [2.05, 4.69) is 5.48 Å². The van der Waals surface area contributed by atoms with Crippen molar-refractivity contribution in [2.75, 3.05) is 0 Å². The minimum absolute atomic E-state index is 0.171. The van der Waals surface area contributed by atoms with Crippen molar-refractivity contribution in [2.45, 2.75) is 56.4 Å². The van der Waals surface area contributed by atoms with E-state index in [1.165, 1.54) is 0 Å². The van der Waals surface area contributed by atoms with Crippen molar-refractivity contribution in [3.8, 4) is 0 Å². The Balaban J connectivity index is 1.56. The Morgan fingerprint density at radius 1 is 1.09 bits per heavy atom.